The number of aldehydes is 1. The fourth-order valence-corrected chi connectivity index (χ4v) is 2.33. The van der Waals surface area contributed by atoms with Crippen LogP contribution in [0.2, 0.25) is 0 Å². The third-order valence-corrected chi connectivity index (χ3v) is 3.61. The Morgan fingerprint density at radius 1 is 1.00 bits per heavy atom. The summed E-state index contributed by atoms with van der Waals surface area (Å²) in [6.45, 7) is 5.81. The van der Waals surface area contributed by atoms with Gasteiger partial charge in [0.15, 0.2) is 6.29 Å². The third-order valence-electron chi connectivity index (χ3n) is 3.61. The van der Waals surface area contributed by atoms with Gasteiger partial charge in [-0.15, -0.1) is 0 Å². The van der Waals surface area contributed by atoms with Gasteiger partial charge >= 0.3 is 0 Å². The summed E-state index contributed by atoms with van der Waals surface area (Å²) < 4.78 is 1.52. The van der Waals surface area contributed by atoms with Crippen molar-refractivity contribution >= 4 is 12.0 Å². The average molecular weight is 432 g/mol. The van der Waals surface area contributed by atoms with Gasteiger partial charge in [0.05, 0.1) is 17.1 Å². The van der Waals surface area contributed by atoms with Gasteiger partial charge < -0.3 is 10.6 Å². The molecule has 0 unspecified atom stereocenters. The smallest absolute Gasteiger partial charge is 0.214 e. The summed E-state index contributed by atoms with van der Waals surface area (Å²) in [5, 5.41) is 21.2. The SMILES string of the molecule is CN=Nc1ccc(C)cc1C=O.Cc1ccc(-n2nc(C)cc2O)cc1.O.[Cu]. The van der Waals surface area contributed by atoms with Crippen molar-refractivity contribution in [3.63, 3.8) is 0 Å². The topological polar surface area (TPSA) is 111 Å². The van der Waals surface area contributed by atoms with E-state index >= 15 is 0 Å². The van der Waals surface area contributed by atoms with Gasteiger partial charge in [-0.05, 0) is 45.0 Å². The van der Waals surface area contributed by atoms with Gasteiger partial charge in [0.25, 0.3) is 0 Å². The Hall–Kier alpha value is -2.80. The van der Waals surface area contributed by atoms with E-state index in [1.807, 2.05) is 51.1 Å². The molecule has 7 nitrogen and oxygen atoms in total. The zero-order valence-corrected chi connectivity index (χ0v) is 17.1. The first kappa shape index (κ1) is 25.2. The van der Waals surface area contributed by atoms with Crippen molar-refractivity contribution in [3.05, 3.63) is 70.9 Å². The maximum absolute atomic E-state index is 10.6. The molecule has 0 aliphatic rings. The number of azo groups is 1. The molecule has 8 heteroatoms. The number of benzene rings is 2. The molecule has 0 aliphatic heterocycles. The summed E-state index contributed by atoms with van der Waals surface area (Å²) in [6.07, 6.45) is 0.789. The molecule has 0 amide bonds. The maximum atomic E-state index is 10.6. The van der Waals surface area contributed by atoms with Gasteiger partial charge in [0.1, 0.15) is 0 Å². The van der Waals surface area contributed by atoms with Crippen molar-refractivity contribution in [1.29, 1.82) is 0 Å². The Balaban J connectivity index is 0.000000492. The molecule has 1 heterocycles. The predicted molar refractivity (Wildman–Crippen MR) is 105 cm³/mol. The Morgan fingerprint density at radius 3 is 2.11 bits per heavy atom. The second-order valence-corrected chi connectivity index (χ2v) is 5.87. The minimum atomic E-state index is 0. The number of nitrogens with zero attached hydrogens (tertiary/aromatic N) is 4. The van der Waals surface area contributed by atoms with Crippen LogP contribution in [0.3, 0.4) is 0 Å². The van der Waals surface area contributed by atoms with Crippen LogP contribution in [0.25, 0.3) is 5.69 Å². The van der Waals surface area contributed by atoms with Crippen LogP contribution in [0, 0.1) is 20.8 Å². The second-order valence-electron chi connectivity index (χ2n) is 5.87. The van der Waals surface area contributed by atoms with E-state index < -0.39 is 0 Å². The maximum Gasteiger partial charge on any atom is 0.214 e. The van der Waals surface area contributed by atoms with Crippen LogP contribution in [-0.4, -0.2) is 33.7 Å². The molecule has 0 saturated heterocycles. The van der Waals surface area contributed by atoms with Crippen LogP contribution in [0.15, 0.2) is 58.8 Å². The van der Waals surface area contributed by atoms with E-state index in [1.54, 1.807) is 25.2 Å². The van der Waals surface area contributed by atoms with Crippen molar-refractivity contribution in [3.8, 4) is 11.6 Å². The van der Waals surface area contributed by atoms with E-state index in [9.17, 15) is 9.90 Å². The van der Waals surface area contributed by atoms with E-state index in [4.69, 9.17) is 0 Å². The van der Waals surface area contributed by atoms with E-state index in [2.05, 4.69) is 15.3 Å². The first-order valence-corrected chi connectivity index (χ1v) is 8.13. The van der Waals surface area contributed by atoms with Crippen molar-refractivity contribution in [2.24, 2.45) is 10.2 Å². The molecule has 0 fully saturated rings. The number of rotatable bonds is 3. The summed E-state index contributed by atoms with van der Waals surface area (Å²) in [4.78, 5) is 10.6. The van der Waals surface area contributed by atoms with Crippen LogP contribution < -0.4 is 0 Å². The molecule has 3 aromatic rings. The van der Waals surface area contributed by atoms with Crippen molar-refractivity contribution in [1.82, 2.24) is 9.78 Å². The zero-order valence-electron chi connectivity index (χ0n) is 16.1. The molecule has 0 bridgehead atoms. The van der Waals surface area contributed by atoms with Gasteiger partial charge in [0, 0.05) is 35.7 Å². The molecule has 0 spiro atoms. The molecule has 3 N–H and O–H groups in total. The summed E-state index contributed by atoms with van der Waals surface area (Å²) in [7, 11) is 1.58. The van der Waals surface area contributed by atoms with Crippen LogP contribution in [0.1, 0.15) is 27.2 Å². The second kappa shape index (κ2) is 11.8. The molecule has 0 atom stereocenters. The van der Waals surface area contributed by atoms with Gasteiger partial charge in [0.2, 0.25) is 5.88 Å². The van der Waals surface area contributed by atoms with Gasteiger partial charge in [-0.3, -0.25) is 4.79 Å². The zero-order chi connectivity index (χ0) is 19.1. The summed E-state index contributed by atoms with van der Waals surface area (Å²) >= 11 is 0. The molecular weight excluding hydrogens is 408 g/mol. The van der Waals surface area contributed by atoms with Crippen LogP contribution in [0.4, 0.5) is 5.69 Å². The molecule has 28 heavy (non-hydrogen) atoms. The number of carbonyl (C=O) groups excluding carboxylic acids is 1. The van der Waals surface area contributed by atoms with E-state index in [-0.39, 0.29) is 28.4 Å². The van der Waals surface area contributed by atoms with E-state index in [0.717, 1.165) is 23.2 Å². The quantitative estimate of drug-likeness (QED) is 0.385. The van der Waals surface area contributed by atoms with E-state index in [0.29, 0.717) is 11.3 Å². The molecule has 0 saturated carbocycles. The molecule has 0 aliphatic carbocycles. The normalized spacial score (nSPS) is 9.71. The molecule has 1 aromatic heterocycles. The first-order chi connectivity index (χ1) is 12.4. The van der Waals surface area contributed by atoms with Crippen LogP contribution >= 0.6 is 0 Å². The fraction of sp³-hybridized carbons (Fsp3) is 0.200. The molecule has 153 valence electrons. The largest absolute Gasteiger partial charge is 0.493 e. The van der Waals surface area contributed by atoms with Gasteiger partial charge in [-0.25, -0.2) is 4.68 Å². The summed E-state index contributed by atoms with van der Waals surface area (Å²) in [5.41, 5.74) is 5.13. The Morgan fingerprint density at radius 2 is 1.61 bits per heavy atom. The Labute approximate surface area is 174 Å². The first-order valence-electron chi connectivity index (χ1n) is 8.13. The number of carbonyl (C=O) groups is 1. The van der Waals surface area contributed by atoms with E-state index in [1.165, 1.54) is 10.2 Å². The van der Waals surface area contributed by atoms with Crippen molar-refractivity contribution in [2.75, 3.05) is 7.05 Å². The number of aromatic nitrogens is 2. The Bertz CT molecular complexity index is 922. The molecular formula is C20H24CuN4O3. The Kier molecular flexibility index (Phi) is 10.6. The average Bonchev–Trinajstić information content (AvgIpc) is 2.96. The number of aryl methyl sites for hydroxylation is 3. The minimum absolute atomic E-state index is 0. The monoisotopic (exact) mass is 431 g/mol. The summed E-state index contributed by atoms with van der Waals surface area (Å²) in [6, 6.07) is 15.0. The minimum Gasteiger partial charge on any atom is -0.493 e. The standard InChI is InChI=1S/C11H12N2O.C9H10N2O.Cu.H2O/c1-8-3-5-10(6-4-8)13-11(14)7-9(2)12-13;1-7-3-4-9(11-10-2)8(5-7)6-12;;/h3-7,14H,1-2H3;3-6H,1-2H3;;1H2. The van der Waals surface area contributed by atoms with Crippen molar-refractivity contribution in [2.45, 2.75) is 20.8 Å². The number of hydrogen-bond acceptors (Lipinski definition) is 5. The third kappa shape index (κ3) is 6.74. The number of hydrogen-bond donors (Lipinski definition) is 1. The summed E-state index contributed by atoms with van der Waals surface area (Å²) in [5.74, 6) is 0.173. The fourth-order valence-electron chi connectivity index (χ4n) is 2.33. The van der Waals surface area contributed by atoms with Crippen LogP contribution in [-0.2, 0) is 17.1 Å². The molecule has 2 aromatic carbocycles. The number of aromatic hydroxyl groups is 1. The molecule has 1 radical (unpaired) electrons. The predicted octanol–water partition coefficient (Wildman–Crippen LogP) is 3.89. The molecule has 3 rings (SSSR count). The van der Waals surface area contributed by atoms with Gasteiger partial charge in [-0.1, -0.05) is 29.3 Å². The van der Waals surface area contributed by atoms with Gasteiger partial charge in [-0.2, -0.15) is 15.3 Å². The van der Waals surface area contributed by atoms with Crippen molar-refractivity contribution < 1.29 is 32.4 Å². The van der Waals surface area contributed by atoms with Crippen LogP contribution in [0.5, 0.6) is 5.88 Å².